The second-order valence-corrected chi connectivity index (χ2v) is 5.43. The van der Waals surface area contributed by atoms with E-state index in [2.05, 4.69) is 10.2 Å². The Kier molecular flexibility index (Phi) is 4.16. The monoisotopic (exact) mass is 314 g/mol. The van der Waals surface area contributed by atoms with Gasteiger partial charge in [-0.1, -0.05) is 18.2 Å². The first-order chi connectivity index (χ1) is 11.0. The van der Waals surface area contributed by atoms with E-state index >= 15 is 0 Å². The van der Waals surface area contributed by atoms with Gasteiger partial charge in [-0.05, 0) is 42.7 Å². The van der Waals surface area contributed by atoms with Crippen molar-refractivity contribution in [3.05, 3.63) is 77.4 Å². The highest BCUT2D eigenvalue weighted by atomic mass is 19.1. The molecule has 0 amide bonds. The van der Waals surface area contributed by atoms with Gasteiger partial charge in [-0.3, -0.25) is 4.57 Å². The summed E-state index contributed by atoms with van der Waals surface area (Å²) in [6, 6.07) is 10.6. The third-order valence-corrected chi connectivity index (χ3v) is 3.66. The zero-order valence-corrected chi connectivity index (χ0v) is 12.6. The number of nitrogens with zero attached hydrogens (tertiary/aromatic N) is 3. The molecule has 3 rings (SSSR count). The van der Waals surface area contributed by atoms with Crippen LogP contribution in [0.15, 0.2) is 48.8 Å². The molecule has 0 aliphatic rings. The Morgan fingerprint density at radius 3 is 2.52 bits per heavy atom. The quantitative estimate of drug-likeness (QED) is 0.805. The van der Waals surface area contributed by atoms with Gasteiger partial charge in [0.25, 0.3) is 0 Å². The molecular weight excluding hydrogens is 298 g/mol. The Morgan fingerprint density at radius 1 is 1.13 bits per heavy atom. The Labute approximate surface area is 132 Å². The molecule has 0 aliphatic carbocycles. The fourth-order valence-corrected chi connectivity index (χ4v) is 2.59. The maximum Gasteiger partial charge on any atom is 0.154 e. The second kappa shape index (κ2) is 6.26. The van der Waals surface area contributed by atoms with Gasteiger partial charge >= 0.3 is 0 Å². The van der Waals surface area contributed by atoms with E-state index in [4.69, 9.17) is 5.73 Å². The number of nitrogens with two attached hydrogens (primary N) is 1. The van der Waals surface area contributed by atoms with Crippen LogP contribution >= 0.6 is 0 Å². The van der Waals surface area contributed by atoms with Gasteiger partial charge < -0.3 is 5.73 Å². The van der Waals surface area contributed by atoms with Crippen LogP contribution in [0.25, 0.3) is 5.69 Å². The first-order valence-electron chi connectivity index (χ1n) is 7.21. The van der Waals surface area contributed by atoms with Gasteiger partial charge in [0.15, 0.2) is 5.82 Å². The molecule has 2 aromatic carbocycles. The van der Waals surface area contributed by atoms with Gasteiger partial charge in [-0.2, -0.15) is 0 Å². The van der Waals surface area contributed by atoms with Crippen LogP contribution < -0.4 is 5.73 Å². The fraction of sp³-hybridized carbons (Fsp3) is 0.176. The summed E-state index contributed by atoms with van der Waals surface area (Å²) in [7, 11) is 0. The van der Waals surface area contributed by atoms with E-state index in [0.29, 0.717) is 11.4 Å². The van der Waals surface area contributed by atoms with Crippen LogP contribution in [0.4, 0.5) is 8.78 Å². The van der Waals surface area contributed by atoms with Crippen molar-refractivity contribution in [2.75, 3.05) is 0 Å². The Balaban J connectivity index is 1.91. The van der Waals surface area contributed by atoms with Crippen molar-refractivity contribution in [2.24, 2.45) is 5.73 Å². The van der Waals surface area contributed by atoms with Crippen molar-refractivity contribution in [3.63, 3.8) is 0 Å². The van der Waals surface area contributed by atoms with E-state index in [0.717, 1.165) is 17.3 Å². The number of hydrogen-bond acceptors (Lipinski definition) is 3. The summed E-state index contributed by atoms with van der Waals surface area (Å²) >= 11 is 0. The summed E-state index contributed by atoms with van der Waals surface area (Å²) in [5.74, 6) is -0.691. The molecule has 0 saturated carbocycles. The SMILES string of the molecule is Cc1ccccc1-n1cnnc1C(N)Cc1cc(F)cc(F)c1. The minimum Gasteiger partial charge on any atom is -0.321 e. The summed E-state index contributed by atoms with van der Waals surface area (Å²) < 4.78 is 28.4. The van der Waals surface area contributed by atoms with Gasteiger partial charge in [-0.15, -0.1) is 10.2 Å². The van der Waals surface area contributed by atoms with E-state index in [1.165, 1.54) is 12.1 Å². The van der Waals surface area contributed by atoms with Crippen molar-refractivity contribution < 1.29 is 8.78 Å². The summed E-state index contributed by atoms with van der Waals surface area (Å²) in [5, 5.41) is 8.00. The maximum atomic E-state index is 13.3. The third kappa shape index (κ3) is 3.27. The zero-order chi connectivity index (χ0) is 16.4. The molecule has 0 fully saturated rings. The van der Waals surface area contributed by atoms with E-state index in [-0.39, 0.29) is 6.42 Å². The Bertz CT molecular complexity index is 809. The molecule has 0 radical (unpaired) electrons. The minimum absolute atomic E-state index is 0.263. The van der Waals surface area contributed by atoms with Crippen molar-refractivity contribution in [2.45, 2.75) is 19.4 Å². The first-order valence-corrected chi connectivity index (χ1v) is 7.21. The summed E-state index contributed by atoms with van der Waals surface area (Å²) in [4.78, 5) is 0. The molecule has 23 heavy (non-hydrogen) atoms. The molecular formula is C17H16F2N4. The predicted molar refractivity (Wildman–Crippen MR) is 83.1 cm³/mol. The van der Waals surface area contributed by atoms with Gasteiger partial charge in [0.05, 0.1) is 11.7 Å². The molecule has 0 spiro atoms. The molecule has 0 aliphatic heterocycles. The average Bonchev–Trinajstić information content (AvgIpc) is 2.96. The number of benzene rings is 2. The lowest BCUT2D eigenvalue weighted by Gasteiger charge is -2.14. The standard InChI is InChI=1S/C17H16F2N4/c1-11-4-2-3-5-16(11)23-10-21-22-17(23)15(20)8-12-6-13(18)9-14(19)7-12/h2-7,9-10,15H,8,20H2,1H3. The van der Waals surface area contributed by atoms with Gasteiger partial charge in [0.1, 0.15) is 18.0 Å². The number of hydrogen-bond donors (Lipinski definition) is 1. The lowest BCUT2D eigenvalue weighted by Crippen LogP contribution is -2.19. The highest BCUT2D eigenvalue weighted by Crippen LogP contribution is 2.21. The molecule has 2 N–H and O–H groups in total. The average molecular weight is 314 g/mol. The lowest BCUT2D eigenvalue weighted by atomic mass is 10.1. The summed E-state index contributed by atoms with van der Waals surface area (Å²) in [6.45, 7) is 1.98. The van der Waals surface area contributed by atoms with Crippen LogP contribution in [0.5, 0.6) is 0 Å². The van der Waals surface area contributed by atoms with Crippen molar-refractivity contribution in [1.82, 2.24) is 14.8 Å². The highest BCUT2D eigenvalue weighted by Gasteiger charge is 2.17. The summed E-state index contributed by atoms with van der Waals surface area (Å²) in [6.07, 6.45) is 1.85. The molecule has 118 valence electrons. The normalized spacial score (nSPS) is 12.3. The van der Waals surface area contributed by atoms with Crippen LogP contribution in [-0.4, -0.2) is 14.8 Å². The number of rotatable bonds is 4. The minimum atomic E-state index is -0.618. The number of aromatic nitrogens is 3. The van der Waals surface area contributed by atoms with Crippen LogP contribution in [0.3, 0.4) is 0 Å². The molecule has 1 heterocycles. The fourth-order valence-electron chi connectivity index (χ4n) is 2.59. The van der Waals surface area contributed by atoms with E-state index < -0.39 is 17.7 Å². The molecule has 0 saturated heterocycles. The Hall–Kier alpha value is -2.60. The van der Waals surface area contributed by atoms with Crippen LogP contribution in [0, 0.1) is 18.6 Å². The van der Waals surface area contributed by atoms with Gasteiger partial charge in [0.2, 0.25) is 0 Å². The topological polar surface area (TPSA) is 56.7 Å². The van der Waals surface area contributed by atoms with Gasteiger partial charge in [-0.25, -0.2) is 8.78 Å². The van der Waals surface area contributed by atoms with Crippen LogP contribution in [0.1, 0.15) is 23.0 Å². The zero-order valence-electron chi connectivity index (χ0n) is 12.6. The Morgan fingerprint density at radius 2 is 1.83 bits per heavy atom. The third-order valence-electron chi connectivity index (χ3n) is 3.66. The number of aryl methyl sites for hydroxylation is 1. The second-order valence-electron chi connectivity index (χ2n) is 5.43. The van der Waals surface area contributed by atoms with Crippen LogP contribution in [0.2, 0.25) is 0 Å². The lowest BCUT2D eigenvalue weighted by molar-refractivity contribution is 0.573. The van der Waals surface area contributed by atoms with Crippen molar-refractivity contribution in [3.8, 4) is 5.69 Å². The molecule has 1 unspecified atom stereocenters. The summed E-state index contributed by atoms with van der Waals surface area (Å²) in [5.41, 5.74) is 8.65. The maximum absolute atomic E-state index is 13.3. The number of para-hydroxylation sites is 1. The first kappa shape index (κ1) is 15.3. The molecule has 1 aromatic heterocycles. The molecule has 6 heteroatoms. The number of halogens is 2. The van der Waals surface area contributed by atoms with Gasteiger partial charge in [0, 0.05) is 6.07 Å². The molecule has 1 atom stereocenters. The van der Waals surface area contributed by atoms with Crippen molar-refractivity contribution >= 4 is 0 Å². The molecule has 4 nitrogen and oxygen atoms in total. The van der Waals surface area contributed by atoms with Crippen LogP contribution in [-0.2, 0) is 6.42 Å². The van der Waals surface area contributed by atoms with E-state index in [1.807, 2.05) is 31.2 Å². The highest BCUT2D eigenvalue weighted by molar-refractivity contribution is 5.41. The van der Waals surface area contributed by atoms with Crippen molar-refractivity contribution in [1.29, 1.82) is 0 Å². The molecule has 3 aromatic rings. The van der Waals surface area contributed by atoms with E-state index in [1.54, 1.807) is 10.9 Å². The largest absolute Gasteiger partial charge is 0.321 e. The van der Waals surface area contributed by atoms with E-state index in [9.17, 15) is 8.78 Å². The smallest absolute Gasteiger partial charge is 0.154 e. The molecule has 0 bridgehead atoms. The predicted octanol–water partition coefficient (Wildman–Crippen LogP) is 3.10.